The molecule has 0 aromatic carbocycles. The summed E-state index contributed by atoms with van der Waals surface area (Å²) in [5, 5.41) is 9.07. The van der Waals surface area contributed by atoms with Crippen LogP contribution in [0.3, 0.4) is 0 Å². The third-order valence-corrected chi connectivity index (χ3v) is 1.48. The van der Waals surface area contributed by atoms with E-state index in [1.54, 1.807) is 0 Å². The fraction of sp³-hybridized carbons (Fsp3) is 0.714. The molecule has 0 unspecified atom stereocenters. The van der Waals surface area contributed by atoms with E-state index in [0.717, 1.165) is 19.5 Å². The summed E-state index contributed by atoms with van der Waals surface area (Å²) in [6, 6.07) is 0. The normalized spacial score (nSPS) is 10.4. The maximum absolute atomic E-state index is 10.5. The Morgan fingerprint density at radius 2 is 2.50 bits per heavy atom. The second-order valence-corrected chi connectivity index (χ2v) is 2.46. The Morgan fingerprint density at radius 1 is 1.67 bits per heavy atom. The standard InChI is InChI=1S/C7H13N3O2/c1-2-8-5-3-4-6-9-10-7(11)12-6/h8H,2-5H2,1H3,(H,10,11). The third kappa shape index (κ3) is 2.87. The van der Waals surface area contributed by atoms with Crippen LogP contribution in [0.2, 0.25) is 0 Å². The lowest BCUT2D eigenvalue weighted by Crippen LogP contribution is -2.14. The summed E-state index contributed by atoms with van der Waals surface area (Å²) in [6.07, 6.45) is 1.63. The van der Waals surface area contributed by atoms with Gasteiger partial charge in [-0.3, -0.25) is 0 Å². The van der Waals surface area contributed by atoms with Gasteiger partial charge in [0.05, 0.1) is 0 Å². The summed E-state index contributed by atoms with van der Waals surface area (Å²) >= 11 is 0. The van der Waals surface area contributed by atoms with Crippen molar-refractivity contribution in [3.63, 3.8) is 0 Å². The fourth-order valence-corrected chi connectivity index (χ4v) is 0.909. The van der Waals surface area contributed by atoms with Crippen LogP contribution in [0.25, 0.3) is 0 Å². The Labute approximate surface area is 70.2 Å². The van der Waals surface area contributed by atoms with Gasteiger partial charge in [-0.1, -0.05) is 6.92 Å². The van der Waals surface area contributed by atoms with Gasteiger partial charge in [-0.25, -0.2) is 9.89 Å². The van der Waals surface area contributed by atoms with Crippen LogP contribution >= 0.6 is 0 Å². The molecule has 1 rings (SSSR count). The van der Waals surface area contributed by atoms with E-state index < -0.39 is 5.76 Å². The van der Waals surface area contributed by atoms with E-state index in [9.17, 15) is 4.79 Å². The predicted molar refractivity (Wildman–Crippen MR) is 44.0 cm³/mol. The molecule has 0 fully saturated rings. The summed E-state index contributed by atoms with van der Waals surface area (Å²) in [5.41, 5.74) is 0. The van der Waals surface area contributed by atoms with Crippen molar-refractivity contribution in [2.24, 2.45) is 0 Å². The number of aromatic amines is 1. The van der Waals surface area contributed by atoms with E-state index in [4.69, 9.17) is 4.42 Å². The lowest BCUT2D eigenvalue weighted by atomic mass is 10.3. The fourth-order valence-electron chi connectivity index (χ4n) is 0.909. The number of rotatable bonds is 5. The second-order valence-electron chi connectivity index (χ2n) is 2.46. The van der Waals surface area contributed by atoms with Crippen molar-refractivity contribution in [1.82, 2.24) is 15.5 Å². The highest BCUT2D eigenvalue weighted by molar-refractivity contribution is 4.73. The molecule has 0 saturated carbocycles. The first-order chi connectivity index (χ1) is 5.83. The average molecular weight is 171 g/mol. The molecule has 0 radical (unpaired) electrons. The molecule has 5 nitrogen and oxygen atoms in total. The molecule has 12 heavy (non-hydrogen) atoms. The highest BCUT2D eigenvalue weighted by Gasteiger charge is 1.99. The van der Waals surface area contributed by atoms with Gasteiger partial charge in [0.25, 0.3) is 0 Å². The van der Waals surface area contributed by atoms with Gasteiger partial charge in [0.15, 0.2) is 0 Å². The molecule has 5 heteroatoms. The molecule has 0 amide bonds. The summed E-state index contributed by atoms with van der Waals surface area (Å²) in [5.74, 6) is 0.00588. The first-order valence-corrected chi connectivity index (χ1v) is 4.08. The largest absolute Gasteiger partial charge is 0.434 e. The quantitative estimate of drug-likeness (QED) is 0.607. The number of nitrogens with one attached hydrogen (secondary N) is 2. The van der Waals surface area contributed by atoms with Gasteiger partial charge in [-0.15, -0.1) is 5.10 Å². The van der Waals surface area contributed by atoms with Gasteiger partial charge in [-0.05, 0) is 19.5 Å². The number of aryl methyl sites for hydroxylation is 1. The zero-order valence-electron chi connectivity index (χ0n) is 7.09. The molecule has 0 spiro atoms. The van der Waals surface area contributed by atoms with Gasteiger partial charge in [0, 0.05) is 6.42 Å². The number of hydrogen-bond donors (Lipinski definition) is 2. The Balaban J connectivity index is 2.20. The molecule has 1 aromatic rings. The molecular weight excluding hydrogens is 158 g/mol. The molecule has 1 aromatic heterocycles. The molecule has 2 N–H and O–H groups in total. The number of hydrogen-bond acceptors (Lipinski definition) is 4. The molecule has 0 saturated heterocycles. The number of H-pyrrole nitrogens is 1. The molecule has 0 aliphatic heterocycles. The number of aromatic nitrogens is 2. The van der Waals surface area contributed by atoms with Crippen molar-refractivity contribution in [2.45, 2.75) is 19.8 Å². The molecule has 0 aliphatic rings. The van der Waals surface area contributed by atoms with Crippen LogP contribution in [-0.4, -0.2) is 23.3 Å². The van der Waals surface area contributed by atoms with Crippen LogP contribution < -0.4 is 11.1 Å². The van der Waals surface area contributed by atoms with Crippen LogP contribution in [0.1, 0.15) is 19.2 Å². The lowest BCUT2D eigenvalue weighted by molar-refractivity contribution is 0.453. The molecule has 68 valence electrons. The first kappa shape index (κ1) is 8.99. The zero-order valence-corrected chi connectivity index (χ0v) is 7.09. The van der Waals surface area contributed by atoms with Crippen molar-refractivity contribution < 1.29 is 4.42 Å². The zero-order chi connectivity index (χ0) is 8.81. The van der Waals surface area contributed by atoms with Crippen LogP contribution in [0.15, 0.2) is 9.21 Å². The Bertz CT molecular complexity index is 266. The van der Waals surface area contributed by atoms with Gasteiger partial charge >= 0.3 is 5.76 Å². The summed E-state index contributed by atoms with van der Waals surface area (Å²) in [4.78, 5) is 10.5. The van der Waals surface area contributed by atoms with E-state index in [1.165, 1.54) is 0 Å². The van der Waals surface area contributed by atoms with Crippen LogP contribution in [0, 0.1) is 0 Å². The minimum atomic E-state index is -0.478. The smallest absolute Gasteiger partial charge is 0.393 e. The van der Waals surface area contributed by atoms with Crippen LogP contribution in [-0.2, 0) is 6.42 Å². The van der Waals surface area contributed by atoms with E-state index in [2.05, 4.69) is 22.4 Å². The maximum atomic E-state index is 10.5. The van der Waals surface area contributed by atoms with E-state index in [-0.39, 0.29) is 0 Å². The molecule has 0 bridgehead atoms. The van der Waals surface area contributed by atoms with E-state index in [1.807, 2.05) is 0 Å². The van der Waals surface area contributed by atoms with Crippen molar-refractivity contribution >= 4 is 0 Å². The van der Waals surface area contributed by atoms with Crippen molar-refractivity contribution in [3.05, 3.63) is 16.4 Å². The van der Waals surface area contributed by atoms with Gasteiger partial charge in [0.2, 0.25) is 5.89 Å². The highest BCUT2D eigenvalue weighted by atomic mass is 16.4. The summed E-state index contributed by atoms with van der Waals surface area (Å²) < 4.78 is 4.71. The van der Waals surface area contributed by atoms with Gasteiger partial charge in [-0.2, -0.15) is 0 Å². The SMILES string of the molecule is CCNCCCc1n[nH]c(=O)o1. The number of nitrogens with zero attached hydrogens (tertiary/aromatic N) is 1. The van der Waals surface area contributed by atoms with Gasteiger partial charge < -0.3 is 9.73 Å². The summed E-state index contributed by atoms with van der Waals surface area (Å²) in [7, 11) is 0. The van der Waals surface area contributed by atoms with Gasteiger partial charge in [0.1, 0.15) is 0 Å². The lowest BCUT2D eigenvalue weighted by Gasteiger charge is -1.96. The van der Waals surface area contributed by atoms with Crippen molar-refractivity contribution in [3.8, 4) is 0 Å². The topological polar surface area (TPSA) is 70.9 Å². The molecule has 0 aliphatic carbocycles. The Hall–Kier alpha value is -1.10. The van der Waals surface area contributed by atoms with Crippen molar-refractivity contribution in [1.29, 1.82) is 0 Å². The minimum Gasteiger partial charge on any atom is -0.393 e. The Morgan fingerprint density at radius 3 is 3.08 bits per heavy atom. The third-order valence-electron chi connectivity index (χ3n) is 1.48. The maximum Gasteiger partial charge on any atom is 0.434 e. The second kappa shape index (κ2) is 4.71. The van der Waals surface area contributed by atoms with E-state index >= 15 is 0 Å². The summed E-state index contributed by atoms with van der Waals surface area (Å²) in [6.45, 7) is 3.94. The first-order valence-electron chi connectivity index (χ1n) is 4.08. The predicted octanol–water partition coefficient (Wildman–Crippen LogP) is -0.0950. The van der Waals surface area contributed by atoms with Crippen molar-refractivity contribution in [2.75, 3.05) is 13.1 Å². The minimum absolute atomic E-state index is 0.478. The van der Waals surface area contributed by atoms with Crippen LogP contribution in [0.4, 0.5) is 0 Å². The molecular formula is C7H13N3O2. The molecule has 0 atom stereocenters. The average Bonchev–Trinajstić information content (AvgIpc) is 2.45. The van der Waals surface area contributed by atoms with E-state index in [0.29, 0.717) is 12.3 Å². The molecule has 1 heterocycles. The Kier molecular flexibility index (Phi) is 3.53. The van der Waals surface area contributed by atoms with Crippen LogP contribution in [0.5, 0.6) is 0 Å². The highest BCUT2D eigenvalue weighted by Crippen LogP contribution is 1.92. The monoisotopic (exact) mass is 171 g/mol.